The first-order valence-corrected chi connectivity index (χ1v) is 6.71. The van der Waals surface area contributed by atoms with Crippen molar-refractivity contribution >= 4 is 28.9 Å². The van der Waals surface area contributed by atoms with Crippen LogP contribution >= 0.6 is 11.6 Å². The van der Waals surface area contributed by atoms with Crippen LogP contribution in [0, 0.1) is 0 Å². The maximum absolute atomic E-state index is 11.6. The number of carbonyl (C=O) groups is 1. The van der Waals surface area contributed by atoms with E-state index in [2.05, 4.69) is 11.9 Å². The molecule has 1 unspecified atom stereocenters. The summed E-state index contributed by atoms with van der Waals surface area (Å²) in [7, 11) is 1.65. The predicted octanol–water partition coefficient (Wildman–Crippen LogP) is 1.93. The Morgan fingerprint density at radius 1 is 1.60 bits per heavy atom. The van der Waals surface area contributed by atoms with E-state index in [0.29, 0.717) is 30.4 Å². The van der Waals surface area contributed by atoms with E-state index in [-0.39, 0.29) is 5.91 Å². The zero-order chi connectivity index (χ0) is 14.7. The number of amides is 1. The molecule has 0 fully saturated rings. The molecular formula is C14H18ClN3O2. The van der Waals surface area contributed by atoms with Crippen molar-refractivity contribution in [1.29, 1.82) is 0 Å². The molecule has 0 saturated heterocycles. The Hall–Kier alpha value is -1.56. The number of hydrogen-bond donors (Lipinski definition) is 2. The van der Waals surface area contributed by atoms with Crippen molar-refractivity contribution < 1.29 is 9.53 Å². The molecule has 0 bridgehead atoms. The number of benzene rings is 1. The lowest BCUT2D eigenvalue weighted by Crippen LogP contribution is -2.27. The topological polar surface area (TPSA) is 67.6 Å². The molecule has 0 aromatic heterocycles. The van der Waals surface area contributed by atoms with Gasteiger partial charge in [0.15, 0.2) is 0 Å². The minimum Gasteiger partial charge on any atom is -0.383 e. The number of fused-ring (bicyclic) bond motifs is 1. The molecule has 0 saturated carbocycles. The van der Waals surface area contributed by atoms with Gasteiger partial charge in [0.25, 0.3) is 0 Å². The monoisotopic (exact) mass is 295 g/mol. The van der Waals surface area contributed by atoms with E-state index in [0.717, 1.165) is 11.3 Å². The highest BCUT2D eigenvalue weighted by atomic mass is 35.5. The summed E-state index contributed by atoms with van der Waals surface area (Å²) < 4.78 is 5.10. The summed E-state index contributed by atoms with van der Waals surface area (Å²) in [5.74, 6) is -0.208. The number of anilines is 2. The Bertz CT molecular complexity index is 533. The van der Waals surface area contributed by atoms with E-state index >= 15 is 0 Å². The smallest absolute Gasteiger partial charge is 0.245 e. The van der Waals surface area contributed by atoms with Crippen LogP contribution in [0.1, 0.15) is 11.6 Å². The van der Waals surface area contributed by atoms with Gasteiger partial charge in [-0.25, -0.2) is 0 Å². The van der Waals surface area contributed by atoms with Crippen molar-refractivity contribution in [2.75, 3.05) is 37.0 Å². The van der Waals surface area contributed by atoms with Gasteiger partial charge >= 0.3 is 0 Å². The molecule has 3 N–H and O–H groups in total. The summed E-state index contributed by atoms with van der Waals surface area (Å²) >= 11 is 6.32. The lowest BCUT2D eigenvalue weighted by atomic mass is 10.1. The van der Waals surface area contributed by atoms with Gasteiger partial charge in [0.05, 0.1) is 17.3 Å². The first-order valence-electron chi connectivity index (χ1n) is 6.33. The summed E-state index contributed by atoms with van der Waals surface area (Å²) in [4.78, 5) is 13.6. The first-order chi connectivity index (χ1) is 9.58. The average Bonchev–Trinajstić information content (AvgIpc) is 2.70. The van der Waals surface area contributed by atoms with Gasteiger partial charge in [-0.1, -0.05) is 17.7 Å². The van der Waals surface area contributed by atoms with Crippen LogP contribution in [0.2, 0.25) is 5.02 Å². The molecule has 0 aliphatic carbocycles. The molecule has 2 rings (SSSR count). The fourth-order valence-electron chi connectivity index (χ4n) is 2.20. The minimum atomic E-state index is -0.650. The van der Waals surface area contributed by atoms with E-state index in [4.69, 9.17) is 22.1 Å². The number of nitrogens with one attached hydrogen (secondary N) is 1. The third-order valence-corrected chi connectivity index (χ3v) is 3.55. The molecule has 20 heavy (non-hydrogen) atoms. The maximum atomic E-state index is 11.6. The SMILES string of the molecule is C=CCN(CCOC)c1cc2c(cc1Cl)C(N)C(=O)N2. The number of rotatable bonds is 6. The fraction of sp³-hybridized carbons (Fsp3) is 0.357. The maximum Gasteiger partial charge on any atom is 0.245 e. The number of ether oxygens (including phenoxy) is 1. The number of nitrogens with zero attached hydrogens (tertiary/aromatic N) is 1. The summed E-state index contributed by atoms with van der Waals surface area (Å²) in [6.45, 7) is 5.64. The van der Waals surface area contributed by atoms with Gasteiger partial charge in [0.1, 0.15) is 6.04 Å². The Morgan fingerprint density at radius 2 is 2.35 bits per heavy atom. The Balaban J connectivity index is 2.34. The van der Waals surface area contributed by atoms with Crippen LogP contribution < -0.4 is 16.0 Å². The second-order valence-electron chi connectivity index (χ2n) is 4.59. The lowest BCUT2D eigenvalue weighted by molar-refractivity contribution is -0.116. The van der Waals surface area contributed by atoms with Gasteiger partial charge in [-0.2, -0.15) is 0 Å². The van der Waals surface area contributed by atoms with Gasteiger partial charge in [0, 0.05) is 31.5 Å². The zero-order valence-corrected chi connectivity index (χ0v) is 12.1. The van der Waals surface area contributed by atoms with Gasteiger partial charge < -0.3 is 20.7 Å². The second kappa shape index (κ2) is 6.26. The van der Waals surface area contributed by atoms with Crippen molar-refractivity contribution in [3.63, 3.8) is 0 Å². The summed E-state index contributed by atoms with van der Waals surface area (Å²) in [5.41, 5.74) is 8.08. The second-order valence-corrected chi connectivity index (χ2v) is 4.99. The van der Waals surface area contributed by atoms with Crippen LogP contribution in [0.4, 0.5) is 11.4 Å². The van der Waals surface area contributed by atoms with Crippen LogP contribution in [0.5, 0.6) is 0 Å². The van der Waals surface area contributed by atoms with Gasteiger partial charge in [-0.05, 0) is 12.1 Å². The number of halogens is 1. The Kier molecular flexibility index (Phi) is 4.65. The molecular weight excluding hydrogens is 278 g/mol. The number of carbonyl (C=O) groups excluding carboxylic acids is 1. The van der Waals surface area contributed by atoms with Crippen molar-refractivity contribution in [1.82, 2.24) is 0 Å². The van der Waals surface area contributed by atoms with Crippen LogP contribution in [-0.4, -0.2) is 32.7 Å². The lowest BCUT2D eigenvalue weighted by Gasteiger charge is -2.25. The van der Waals surface area contributed by atoms with Crippen LogP contribution in [0.25, 0.3) is 0 Å². The number of hydrogen-bond acceptors (Lipinski definition) is 4. The molecule has 6 heteroatoms. The zero-order valence-electron chi connectivity index (χ0n) is 11.4. The van der Waals surface area contributed by atoms with E-state index in [9.17, 15) is 4.79 Å². The largest absolute Gasteiger partial charge is 0.383 e. The number of nitrogens with two attached hydrogens (primary N) is 1. The standard InChI is InChI=1S/C14H18ClN3O2/c1-3-4-18(5-6-20-2)12-8-11-9(7-10(12)15)13(16)14(19)17-11/h3,7-8,13H,1,4-6,16H2,2H3,(H,17,19). The molecule has 5 nitrogen and oxygen atoms in total. The molecule has 108 valence electrons. The Morgan fingerprint density at radius 3 is 3.00 bits per heavy atom. The minimum absolute atomic E-state index is 0.208. The third kappa shape index (κ3) is 2.80. The van der Waals surface area contributed by atoms with Crippen molar-refractivity contribution in [2.24, 2.45) is 5.73 Å². The van der Waals surface area contributed by atoms with Gasteiger partial charge in [-0.15, -0.1) is 6.58 Å². The van der Waals surface area contributed by atoms with Crippen LogP contribution in [-0.2, 0) is 9.53 Å². The van der Waals surface area contributed by atoms with Gasteiger partial charge in [-0.3, -0.25) is 4.79 Å². The van der Waals surface area contributed by atoms with E-state index in [1.54, 1.807) is 19.3 Å². The van der Waals surface area contributed by atoms with Crippen molar-refractivity contribution in [3.05, 3.63) is 35.4 Å². The summed E-state index contributed by atoms with van der Waals surface area (Å²) in [5, 5.41) is 3.33. The van der Waals surface area contributed by atoms with E-state index in [1.807, 2.05) is 11.0 Å². The Labute approximate surface area is 123 Å². The van der Waals surface area contributed by atoms with Crippen molar-refractivity contribution in [2.45, 2.75) is 6.04 Å². The molecule has 1 amide bonds. The molecule has 1 aromatic rings. The van der Waals surface area contributed by atoms with Crippen LogP contribution in [0.15, 0.2) is 24.8 Å². The normalized spacial score (nSPS) is 16.8. The molecule has 1 aliphatic heterocycles. The highest BCUT2D eigenvalue weighted by molar-refractivity contribution is 6.33. The number of methoxy groups -OCH3 is 1. The summed E-state index contributed by atoms with van der Waals surface area (Å²) in [6.07, 6.45) is 1.80. The highest BCUT2D eigenvalue weighted by Gasteiger charge is 2.28. The third-order valence-electron chi connectivity index (χ3n) is 3.25. The predicted molar refractivity (Wildman–Crippen MR) is 81.3 cm³/mol. The molecule has 0 radical (unpaired) electrons. The molecule has 1 aromatic carbocycles. The van der Waals surface area contributed by atoms with Gasteiger partial charge in [0.2, 0.25) is 5.91 Å². The highest BCUT2D eigenvalue weighted by Crippen LogP contribution is 2.38. The average molecular weight is 296 g/mol. The summed E-state index contributed by atoms with van der Waals surface area (Å²) in [6, 6.07) is 2.95. The molecule has 1 aliphatic rings. The first kappa shape index (κ1) is 14.8. The van der Waals surface area contributed by atoms with Crippen LogP contribution in [0.3, 0.4) is 0 Å². The molecule has 0 spiro atoms. The molecule has 1 heterocycles. The fourth-order valence-corrected chi connectivity index (χ4v) is 2.50. The van der Waals surface area contributed by atoms with E-state index in [1.165, 1.54) is 0 Å². The van der Waals surface area contributed by atoms with Crippen molar-refractivity contribution in [3.8, 4) is 0 Å². The molecule has 1 atom stereocenters. The quantitative estimate of drug-likeness (QED) is 0.787. The van der Waals surface area contributed by atoms with E-state index < -0.39 is 6.04 Å².